The Morgan fingerprint density at radius 1 is 1.07 bits per heavy atom. The van der Waals surface area contributed by atoms with Gasteiger partial charge in [0.15, 0.2) is 0 Å². The molecule has 1 aromatic carbocycles. The zero-order valence-corrected chi connectivity index (χ0v) is 7.64. The summed E-state index contributed by atoms with van der Waals surface area (Å²) in [6, 6.07) is 6.71. The third-order valence-electron chi connectivity index (χ3n) is 1.44. The molecule has 0 atom stereocenters. The molecular weight excluding hydrogens is 248 g/mol. The van der Waals surface area contributed by atoms with Crippen molar-refractivity contribution in [3.8, 4) is 0 Å². The summed E-state index contributed by atoms with van der Waals surface area (Å²) in [5.41, 5.74) is -1.61. The summed E-state index contributed by atoms with van der Waals surface area (Å²) < 4.78 is 48.0. The number of halogens is 4. The summed E-state index contributed by atoms with van der Waals surface area (Å²) >= 11 is 0. The summed E-state index contributed by atoms with van der Waals surface area (Å²) in [6.07, 6.45) is -4.05. The van der Waals surface area contributed by atoms with Crippen LogP contribution in [0.2, 0.25) is 0 Å². The normalized spacial score (nSPS) is 12.1. The Morgan fingerprint density at radius 2 is 1.57 bits per heavy atom. The van der Waals surface area contributed by atoms with Gasteiger partial charge in [0.1, 0.15) is 0 Å². The van der Waals surface area contributed by atoms with Gasteiger partial charge < -0.3 is 4.39 Å². The van der Waals surface area contributed by atoms with Crippen molar-refractivity contribution in [3.05, 3.63) is 42.2 Å². The maximum atomic E-state index is 12.1. The van der Waals surface area contributed by atoms with E-state index in [0.29, 0.717) is 6.33 Å². The molecule has 0 aromatic heterocycles. The van der Waals surface area contributed by atoms with Crippen LogP contribution in [0.25, 0.3) is 5.57 Å². The fourth-order valence-corrected chi connectivity index (χ4v) is 0.877. The number of benzene rings is 1. The molecule has 0 amide bonds. The first-order valence-electron chi connectivity index (χ1n) is 3.42. The first-order chi connectivity index (χ1) is 6.05. The van der Waals surface area contributed by atoms with Crippen molar-refractivity contribution in [1.29, 1.82) is 0 Å². The van der Waals surface area contributed by atoms with E-state index >= 15 is 0 Å². The second-order valence-corrected chi connectivity index (χ2v) is 2.33. The number of rotatable bonds is 1. The molecule has 1 aromatic rings. The number of allylic oxidation sites excluding steroid dienone is 1. The van der Waals surface area contributed by atoms with Crippen LogP contribution in [0.4, 0.5) is 17.6 Å². The van der Waals surface area contributed by atoms with Crippen LogP contribution in [-0.2, 0) is 17.1 Å². The minimum Gasteiger partial charge on any atom is -0.337 e. The van der Waals surface area contributed by atoms with Gasteiger partial charge in [-0.05, 0) is 0 Å². The van der Waals surface area contributed by atoms with Gasteiger partial charge in [-0.2, -0.15) is 18.7 Å². The van der Waals surface area contributed by atoms with E-state index in [1.54, 1.807) is 6.07 Å². The third kappa shape index (κ3) is 3.16. The predicted molar refractivity (Wildman–Crippen MR) is 40.3 cm³/mol. The van der Waals surface area contributed by atoms with Crippen molar-refractivity contribution < 1.29 is 34.6 Å². The van der Waals surface area contributed by atoms with E-state index in [1.807, 2.05) is 0 Å². The number of hydrogen-bond donors (Lipinski definition) is 0. The number of alkyl halides is 3. The summed E-state index contributed by atoms with van der Waals surface area (Å²) in [4.78, 5) is 0. The Morgan fingerprint density at radius 3 is 1.93 bits per heavy atom. The van der Waals surface area contributed by atoms with E-state index in [1.165, 1.54) is 24.3 Å². The molecule has 0 N–H and O–H groups in total. The molecule has 0 radical (unpaired) electrons. The van der Waals surface area contributed by atoms with Crippen LogP contribution in [-0.4, -0.2) is 6.18 Å². The third-order valence-corrected chi connectivity index (χ3v) is 1.44. The molecule has 0 saturated carbocycles. The molecule has 0 fully saturated rings. The number of hydrogen-bond acceptors (Lipinski definition) is 0. The minimum absolute atomic E-state index is 0. The molecular formula is C9H5CuF4. The van der Waals surface area contributed by atoms with E-state index < -0.39 is 11.7 Å². The quantitative estimate of drug-likeness (QED) is 0.408. The van der Waals surface area contributed by atoms with Crippen molar-refractivity contribution in [2.75, 3.05) is 0 Å². The summed E-state index contributed by atoms with van der Waals surface area (Å²) in [5, 5.41) is 0. The van der Waals surface area contributed by atoms with Gasteiger partial charge in [0.25, 0.3) is 0 Å². The maximum Gasteiger partial charge on any atom is 1.00 e. The maximum absolute atomic E-state index is 12.1. The molecule has 5 heteroatoms. The van der Waals surface area contributed by atoms with E-state index in [4.69, 9.17) is 0 Å². The fourth-order valence-electron chi connectivity index (χ4n) is 0.877. The first kappa shape index (κ1) is 13.2. The van der Waals surface area contributed by atoms with Crippen LogP contribution >= 0.6 is 0 Å². The Kier molecular flexibility index (Phi) is 4.88. The molecule has 14 heavy (non-hydrogen) atoms. The Hall–Kier alpha value is -0.801. The van der Waals surface area contributed by atoms with Crippen LogP contribution < -0.4 is 0 Å². The topological polar surface area (TPSA) is 0 Å². The van der Waals surface area contributed by atoms with Crippen LogP contribution in [0.5, 0.6) is 0 Å². The second-order valence-electron chi connectivity index (χ2n) is 2.33. The monoisotopic (exact) mass is 252 g/mol. The van der Waals surface area contributed by atoms with Crippen LogP contribution in [0, 0.1) is 6.33 Å². The predicted octanol–water partition coefficient (Wildman–Crippen LogP) is 3.36. The van der Waals surface area contributed by atoms with Gasteiger partial charge in [0.2, 0.25) is 0 Å². The zero-order valence-electron chi connectivity index (χ0n) is 6.70. The molecule has 0 aliphatic heterocycles. The summed E-state index contributed by atoms with van der Waals surface area (Å²) in [5.74, 6) is 0. The van der Waals surface area contributed by atoms with Gasteiger partial charge in [-0.1, -0.05) is 30.1 Å². The smallest absolute Gasteiger partial charge is 0.337 e. The molecule has 0 aliphatic carbocycles. The molecule has 0 heterocycles. The van der Waals surface area contributed by atoms with Crippen molar-refractivity contribution in [2.45, 2.75) is 6.18 Å². The van der Waals surface area contributed by atoms with Crippen LogP contribution in [0.1, 0.15) is 5.56 Å². The molecule has 0 saturated heterocycles. The van der Waals surface area contributed by atoms with Crippen LogP contribution in [0.15, 0.2) is 30.3 Å². The summed E-state index contributed by atoms with van der Waals surface area (Å²) in [7, 11) is 0. The molecule has 0 bridgehead atoms. The van der Waals surface area contributed by atoms with E-state index in [-0.39, 0.29) is 22.6 Å². The molecule has 1 rings (SSSR count). The molecule has 0 spiro atoms. The van der Waals surface area contributed by atoms with Crippen LogP contribution in [0.3, 0.4) is 0 Å². The SMILES string of the molecule is F[C-]=C(c1ccccc1)C(F)(F)F.[Cu+]. The standard InChI is InChI=1S/C9H5F4.Cu/c10-6-8(9(11,12)13)7-4-2-1-3-5-7;/h1-5H;/q-1;+1. The zero-order chi connectivity index (χ0) is 9.90. The van der Waals surface area contributed by atoms with E-state index in [9.17, 15) is 17.6 Å². The Bertz CT molecular complexity index is 302. The second kappa shape index (κ2) is 5.17. The van der Waals surface area contributed by atoms with E-state index in [0.717, 1.165) is 0 Å². The molecule has 80 valence electrons. The molecule has 0 nitrogen and oxygen atoms in total. The van der Waals surface area contributed by atoms with Gasteiger partial charge >= 0.3 is 23.2 Å². The van der Waals surface area contributed by atoms with Gasteiger partial charge in [0.05, 0.1) is 0 Å². The van der Waals surface area contributed by atoms with Gasteiger partial charge in [-0.25, -0.2) is 0 Å². The molecule has 0 unspecified atom stereocenters. The Labute approximate surface area is 89.1 Å². The van der Waals surface area contributed by atoms with Gasteiger partial charge in [0, 0.05) is 0 Å². The van der Waals surface area contributed by atoms with Crippen molar-refractivity contribution in [1.82, 2.24) is 0 Å². The Balaban J connectivity index is 0.00000169. The van der Waals surface area contributed by atoms with Crippen molar-refractivity contribution in [3.63, 3.8) is 0 Å². The van der Waals surface area contributed by atoms with Crippen molar-refractivity contribution in [2.24, 2.45) is 0 Å². The fraction of sp³-hybridized carbons (Fsp3) is 0.111. The largest absolute Gasteiger partial charge is 1.00 e. The average Bonchev–Trinajstić information content (AvgIpc) is 2.05. The van der Waals surface area contributed by atoms with E-state index in [2.05, 4.69) is 0 Å². The van der Waals surface area contributed by atoms with Crippen molar-refractivity contribution >= 4 is 5.57 Å². The first-order valence-corrected chi connectivity index (χ1v) is 3.42. The van der Waals surface area contributed by atoms with Gasteiger partial charge in [-0.3, -0.25) is 0 Å². The van der Waals surface area contributed by atoms with Gasteiger partial charge in [-0.15, -0.1) is 12.1 Å². The minimum atomic E-state index is -4.70. The average molecular weight is 253 g/mol. The molecule has 0 aliphatic rings. The summed E-state index contributed by atoms with van der Waals surface area (Å²) in [6.45, 7) is 0.